The van der Waals surface area contributed by atoms with Crippen molar-refractivity contribution < 1.29 is 14.4 Å². The molecule has 0 aliphatic carbocycles. The van der Waals surface area contributed by atoms with Crippen molar-refractivity contribution in [2.24, 2.45) is 10.2 Å². The lowest BCUT2D eigenvalue weighted by Gasteiger charge is -2.10. The molecule has 5 rings (SSSR count). The standard InChI is InChI=1S/C30H26N6O3S2/c1-3-4-15-30(35-36-30)17-26(37)31-20-9-11-21(12-10-20)32-27(38)18-40-29-34-24-14-13-22(16-25(24)41-29)33-28(39)23-8-6-5-7-19(23)2/h1,5-14,16H,4,15,17-18H2,2H3,(H,31,37)(H,32,38)(H,33,39). The maximum Gasteiger partial charge on any atom is 0.255 e. The molecule has 0 bridgehead atoms. The van der Waals surface area contributed by atoms with Crippen LogP contribution in [0.3, 0.4) is 0 Å². The van der Waals surface area contributed by atoms with Gasteiger partial charge in [0.1, 0.15) is 0 Å². The van der Waals surface area contributed by atoms with E-state index in [1.165, 1.54) is 23.1 Å². The fraction of sp³-hybridized carbons (Fsp3) is 0.200. The van der Waals surface area contributed by atoms with Gasteiger partial charge >= 0.3 is 0 Å². The summed E-state index contributed by atoms with van der Waals surface area (Å²) in [5.74, 6) is 2.19. The van der Waals surface area contributed by atoms with Gasteiger partial charge < -0.3 is 16.0 Å². The average Bonchev–Trinajstić information content (AvgIpc) is 3.59. The summed E-state index contributed by atoms with van der Waals surface area (Å²) in [6.07, 6.45) is 6.52. The van der Waals surface area contributed by atoms with Gasteiger partial charge in [0.05, 0.1) is 22.4 Å². The van der Waals surface area contributed by atoms with Gasteiger partial charge in [0.2, 0.25) is 17.5 Å². The minimum absolute atomic E-state index is 0.152. The molecule has 3 aromatic carbocycles. The van der Waals surface area contributed by atoms with Crippen LogP contribution in [0, 0.1) is 19.3 Å². The van der Waals surface area contributed by atoms with Crippen LogP contribution in [0.1, 0.15) is 35.2 Å². The second-order valence-electron chi connectivity index (χ2n) is 9.46. The Morgan fingerprint density at radius 3 is 2.29 bits per heavy atom. The van der Waals surface area contributed by atoms with Crippen molar-refractivity contribution in [2.75, 3.05) is 21.7 Å². The first-order chi connectivity index (χ1) is 19.8. The fourth-order valence-electron chi connectivity index (χ4n) is 4.09. The van der Waals surface area contributed by atoms with Crippen LogP contribution in [0.5, 0.6) is 0 Å². The van der Waals surface area contributed by atoms with Crippen LogP contribution in [-0.4, -0.2) is 34.1 Å². The van der Waals surface area contributed by atoms with E-state index in [0.717, 1.165) is 20.1 Å². The van der Waals surface area contributed by atoms with E-state index in [9.17, 15) is 14.4 Å². The van der Waals surface area contributed by atoms with E-state index < -0.39 is 5.66 Å². The summed E-state index contributed by atoms with van der Waals surface area (Å²) in [5.41, 5.74) is 3.57. The Hall–Kier alpha value is -4.53. The number of hydrogen-bond donors (Lipinski definition) is 3. The van der Waals surface area contributed by atoms with Gasteiger partial charge in [0.15, 0.2) is 4.34 Å². The number of carbonyl (C=O) groups excluding carboxylic acids is 3. The number of thioether (sulfide) groups is 1. The quantitative estimate of drug-likeness (QED) is 0.138. The molecule has 9 nitrogen and oxygen atoms in total. The molecule has 11 heteroatoms. The summed E-state index contributed by atoms with van der Waals surface area (Å²) >= 11 is 2.80. The fourth-order valence-corrected chi connectivity index (χ4v) is 6.00. The van der Waals surface area contributed by atoms with E-state index in [1.807, 2.05) is 43.3 Å². The van der Waals surface area contributed by atoms with Gasteiger partial charge in [-0.3, -0.25) is 14.4 Å². The number of terminal acetylenes is 1. The molecular weight excluding hydrogens is 557 g/mol. The Labute approximate surface area is 245 Å². The number of anilines is 3. The summed E-state index contributed by atoms with van der Waals surface area (Å²) in [4.78, 5) is 42.1. The van der Waals surface area contributed by atoms with Crippen LogP contribution in [0.15, 0.2) is 81.3 Å². The van der Waals surface area contributed by atoms with Gasteiger partial charge in [0.25, 0.3) is 5.91 Å². The number of nitrogens with one attached hydrogen (secondary N) is 3. The zero-order chi connectivity index (χ0) is 28.8. The highest BCUT2D eigenvalue weighted by Gasteiger charge is 2.41. The van der Waals surface area contributed by atoms with Crippen molar-refractivity contribution >= 4 is 68.1 Å². The number of rotatable bonds is 11. The molecule has 0 atom stereocenters. The third-order valence-electron chi connectivity index (χ3n) is 6.29. The highest BCUT2D eigenvalue weighted by molar-refractivity contribution is 8.01. The number of carbonyl (C=O) groups is 3. The van der Waals surface area contributed by atoms with E-state index in [2.05, 4.69) is 37.1 Å². The molecule has 0 spiro atoms. The summed E-state index contributed by atoms with van der Waals surface area (Å²) in [6.45, 7) is 1.90. The van der Waals surface area contributed by atoms with Crippen molar-refractivity contribution in [3.05, 3.63) is 77.9 Å². The maximum atomic E-state index is 12.7. The average molecular weight is 583 g/mol. The number of hydrogen-bond acceptors (Lipinski definition) is 8. The number of aromatic nitrogens is 1. The molecule has 4 aromatic rings. The van der Waals surface area contributed by atoms with Gasteiger partial charge in [0, 0.05) is 35.5 Å². The Bertz CT molecular complexity index is 1680. The molecule has 206 valence electrons. The molecule has 3 N–H and O–H groups in total. The molecule has 41 heavy (non-hydrogen) atoms. The zero-order valence-electron chi connectivity index (χ0n) is 22.1. The van der Waals surface area contributed by atoms with E-state index in [4.69, 9.17) is 6.42 Å². The molecule has 2 heterocycles. The third-order valence-corrected chi connectivity index (χ3v) is 8.45. The Morgan fingerprint density at radius 1 is 0.927 bits per heavy atom. The normalized spacial score (nSPS) is 12.9. The number of amides is 3. The summed E-state index contributed by atoms with van der Waals surface area (Å²) in [5, 5.41) is 16.6. The monoisotopic (exact) mass is 582 g/mol. The second kappa shape index (κ2) is 12.3. The molecule has 1 aliphatic rings. The van der Waals surface area contributed by atoms with Crippen LogP contribution in [-0.2, 0) is 9.59 Å². The van der Waals surface area contributed by atoms with Crippen molar-refractivity contribution in [2.45, 2.75) is 36.2 Å². The molecule has 3 amide bonds. The highest BCUT2D eigenvalue weighted by Crippen LogP contribution is 2.37. The number of benzene rings is 3. The van der Waals surface area contributed by atoms with Crippen molar-refractivity contribution in [3.8, 4) is 12.3 Å². The Balaban J connectivity index is 1.10. The third kappa shape index (κ3) is 7.36. The minimum atomic E-state index is -0.676. The van der Waals surface area contributed by atoms with Gasteiger partial charge in [-0.15, -0.1) is 23.7 Å². The summed E-state index contributed by atoms with van der Waals surface area (Å²) < 4.78 is 1.67. The lowest BCUT2D eigenvalue weighted by atomic mass is 10.0. The highest BCUT2D eigenvalue weighted by atomic mass is 32.2. The SMILES string of the molecule is C#CCCC1(CC(=O)Nc2ccc(NC(=O)CSc3nc4ccc(NC(=O)c5ccccc5C)cc4s3)cc2)N=N1. The van der Waals surface area contributed by atoms with Gasteiger partial charge in [-0.25, -0.2) is 4.98 Å². The summed E-state index contributed by atoms with van der Waals surface area (Å²) in [6, 6.07) is 19.9. The van der Waals surface area contributed by atoms with Gasteiger partial charge in [-0.2, -0.15) is 10.2 Å². The molecule has 1 aromatic heterocycles. The van der Waals surface area contributed by atoms with E-state index >= 15 is 0 Å². The van der Waals surface area contributed by atoms with Crippen LogP contribution in [0.2, 0.25) is 0 Å². The topological polar surface area (TPSA) is 125 Å². The lowest BCUT2D eigenvalue weighted by molar-refractivity contribution is -0.117. The van der Waals surface area contributed by atoms with E-state index in [1.54, 1.807) is 30.3 Å². The number of fused-ring (bicyclic) bond motifs is 1. The first-order valence-electron chi connectivity index (χ1n) is 12.8. The first-order valence-corrected chi connectivity index (χ1v) is 14.6. The number of aryl methyl sites for hydroxylation is 1. The van der Waals surface area contributed by atoms with E-state index in [-0.39, 0.29) is 29.9 Å². The zero-order valence-corrected chi connectivity index (χ0v) is 23.8. The van der Waals surface area contributed by atoms with Crippen LogP contribution in [0.25, 0.3) is 10.2 Å². The Kier molecular flexibility index (Phi) is 8.42. The Morgan fingerprint density at radius 2 is 1.61 bits per heavy atom. The van der Waals surface area contributed by atoms with Crippen molar-refractivity contribution in [3.63, 3.8) is 0 Å². The van der Waals surface area contributed by atoms with Crippen LogP contribution in [0.4, 0.5) is 17.1 Å². The predicted octanol–water partition coefficient (Wildman–Crippen LogP) is 6.49. The molecular formula is C30H26N6O3S2. The second-order valence-corrected chi connectivity index (χ2v) is 11.7. The predicted molar refractivity (Wildman–Crippen MR) is 163 cm³/mol. The molecule has 0 unspecified atom stereocenters. The van der Waals surface area contributed by atoms with Crippen LogP contribution >= 0.6 is 23.1 Å². The largest absolute Gasteiger partial charge is 0.326 e. The number of nitrogens with zero attached hydrogens (tertiary/aromatic N) is 3. The molecule has 1 aliphatic heterocycles. The van der Waals surface area contributed by atoms with Crippen molar-refractivity contribution in [1.29, 1.82) is 0 Å². The van der Waals surface area contributed by atoms with Crippen LogP contribution < -0.4 is 16.0 Å². The molecule has 0 saturated carbocycles. The minimum Gasteiger partial charge on any atom is -0.326 e. The lowest BCUT2D eigenvalue weighted by Crippen LogP contribution is -2.22. The van der Waals surface area contributed by atoms with Crippen molar-refractivity contribution in [1.82, 2.24) is 4.98 Å². The smallest absolute Gasteiger partial charge is 0.255 e. The number of thiazole rings is 1. The summed E-state index contributed by atoms with van der Waals surface area (Å²) in [7, 11) is 0. The van der Waals surface area contributed by atoms with E-state index in [0.29, 0.717) is 35.5 Å². The first kappa shape index (κ1) is 28.0. The van der Waals surface area contributed by atoms with Gasteiger partial charge in [-0.1, -0.05) is 30.0 Å². The molecule has 0 saturated heterocycles. The molecule has 0 fully saturated rings. The molecule has 0 radical (unpaired) electrons. The van der Waals surface area contributed by atoms with Gasteiger partial charge in [-0.05, 0) is 61.0 Å². The maximum absolute atomic E-state index is 12.7.